The maximum atomic E-state index is 12.1. The number of hydrogen-bond donors (Lipinski definition) is 2. The van der Waals surface area contributed by atoms with Gasteiger partial charge in [-0.05, 0) is 43.7 Å². The number of hydrogen-bond acceptors (Lipinski definition) is 4. The summed E-state index contributed by atoms with van der Waals surface area (Å²) in [6, 6.07) is 13.7. The monoisotopic (exact) mass is 416 g/mol. The molecule has 0 atom stereocenters. The van der Waals surface area contributed by atoms with Gasteiger partial charge in [0.2, 0.25) is 11.1 Å². The van der Waals surface area contributed by atoms with E-state index in [0.717, 1.165) is 26.9 Å². The fourth-order valence-corrected chi connectivity index (χ4v) is 3.13. The number of nitrogens with one attached hydrogen (secondary N) is 2. The Hall–Kier alpha value is -2.12. The lowest BCUT2D eigenvalue weighted by molar-refractivity contribution is -0.113. The summed E-state index contributed by atoms with van der Waals surface area (Å²) in [5, 5.41) is 10.5. The molecule has 0 unspecified atom stereocenters. The minimum absolute atomic E-state index is 0.0892. The summed E-state index contributed by atoms with van der Waals surface area (Å²) in [5.41, 5.74) is 3.99. The van der Waals surface area contributed by atoms with E-state index in [2.05, 4.69) is 36.4 Å². The van der Waals surface area contributed by atoms with E-state index in [-0.39, 0.29) is 11.7 Å². The number of amides is 1. The molecule has 0 aliphatic carbocycles. The van der Waals surface area contributed by atoms with Gasteiger partial charge in [0.25, 0.3) is 0 Å². The van der Waals surface area contributed by atoms with Gasteiger partial charge in [-0.2, -0.15) is 0 Å². The molecule has 0 aliphatic heterocycles. The number of nitrogens with zero attached hydrogens (tertiary/aromatic N) is 2. The number of aromatic amines is 1. The first-order valence-corrected chi connectivity index (χ1v) is 9.47. The van der Waals surface area contributed by atoms with Gasteiger partial charge in [-0.3, -0.25) is 9.89 Å². The first-order chi connectivity index (χ1) is 12.0. The molecule has 0 radical (unpaired) electrons. The Morgan fingerprint density at radius 1 is 1.24 bits per heavy atom. The van der Waals surface area contributed by atoms with Crippen LogP contribution in [0.15, 0.2) is 52.1 Å². The average molecular weight is 417 g/mol. The van der Waals surface area contributed by atoms with Crippen LogP contribution < -0.4 is 5.32 Å². The third-order valence-corrected chi connectivity index (χ3v) is 5.27. The molecule has 5 nitrogen and oxygen atoms in total. The summed E-state index contributed by atoms with van der Waals surface area (Å²) in [6.07, 6.45) is 0. The molecular formula is C18H17BrN4OS. The molecular weight excluding hydrogens is 400 g/mol. The summed E-state index contributed by atoms with van der Waals surface area (Å²) in [6.45, 7) is 4.01. The summed E-state index contributed by atoms with van der Waals surface area (Å²) in [7, 11) is 0. The van der Waals surface area contributed by atoms with Crippen molar-refractivity contribution in [3.8, 4) is 11.4 Å². The van der Waals surface area contributed by atoms with Crippen molar-refractivity contribution >= 4 is 39.3 Å². The number of halogens is 1. The number of carbonyl (C=O) groups excluding carboxylic acids is 1. The Morgan fingerprint density at radius 3 is 2.84 bits per heavy atom. The highest BCUT2D eigenvalue weighted by Crippen LogP contribution is 2.22. The van der Waals surface area contributed by atoms with Crippen molar-refractivity contribution in [3.05, 3.63) is 58.1 Å². The average Bonchev–Trinajstić information content (AvgIpc) is 3.05. The molecule has 1 heterocycles. The highest BCUT2D eigenvalue weighted by atomic mass is 79.9. The molecule has 0 saturated carbocycles. The SMILES string of the molecule is Cc1cccc(-c2nc(SCC(=O)Nc3ccc(Br)c(C)c3)n[nH]2)c1. The standard InChI is InChI=1S/C18H17BrN4OS/c1-11-4-3-5-13(8-11)17-21-18(23-22-17)25-10-16(24)20-14-6-7-15(19)12(2)9-14/h3-9H,10H2,1-2H3,(H,20,24)(H,21,22,23). The predicted octanol–water partition coefficient (Wildman–Crippen LogP) is 4.58. The lowest BCUT2D eigenvalue weighted by Crippen LogP contribution is -2.14. The van der Waals surface area contributed by atoms with Crippen LogP contribution in [0, 0.1) is 13.8 Å². The summed E-state index contributed by atoms with van der Waals surface area (Å²) in [4.78, 5) is 16.5. The molecule has 128 valence electrons. The van der Waals surface area contributed by atoms with E-state index in [9.17, 15) is 4.79 Å². The van der Waals surface area contributed by atoms with Gasteiger partial charge in [-0.25, -0.2) is 4.98 Å². The van der Waals surface area contributed by atoms with Crippen molar-refractivity contribution < 1.29 is 4.79 Å². The topological polar surface area (TPSA) is 70.7 Å². The van der Waals surface area contributed by atoms with Crippen LogP contribution in [-0.2, 0) is 4.79 Å². The molecule has 2 aromatic carbocycles. The molecule has 3 aromatic rings. The maximum Gasteiger partial charge on any atom is 0.234 e. The lowest BCUT2D eigenvalue weighted by atomic mass is 10.1. The van der Waals surface area contributed by atoms with Gasteiger partial charge in [0, 0.05) is 15.7 Å². The Labute approximate surface area is 158 Å². The van der Waals surface area contributed by atoms with Crippen molar-refractivity contribution in [2.45, 2.75) is 19.0 Å². The number of H-pyrrole nitrogens is 1. The smallest absolute Gasteiger partial charge is 0.234 e. The molecule has 25 heavy (non-hydrogen) atoms. The van der Waals surface area contributed by atoms with E-state index < -0.39 is 0 Å². The molecule has 0 spiro atoms. The van der Waals surface area contributed by atoms with Crippen molar-refractivity contribution in [2.24, 2.45) is 0 Å². The van der Waals surface area contributed by atoms with Crippen molar-refractivity contribution in [1.29, 1.82) is 0 Å². The Kier molecular flexibility index (Phi) is 5.55. The summed E-state index contributed by atoms with van der Waals surface area (Å²) < 4.78 is 1.02. The molecule has 0 bridgehead atoms. The van der Waals surface area contributed by atoms with Crippen LogP contribution in [0.3, 0.4) is 0 Å². The number of aromatic nitrogens is 3. The zero-order chi connectivity index (χ0) is 17.8. The zero-order valence-corrected chi connectivity index (χ0v) is 16.2. The van der Waals surface area contributed by atoms with Crippen LogP contribution in [0.5, 0.6) is 0 Å². The fourth-order valence-electron chi connectivity index (χ4n) is 2.28. The largest absolute Gasteiger partial charge is 0.325 e. The van der Waals surface area contributed by atoms with Gasteiger partial charge in [0.1, 0.15) is 0 Å². The Morgan fingerprint density at radius 2 is 2.08 bits per heavy atom. The highest BCUT2D eigenvalue weighted by Gasteiger charge is 2.10. The van der Waals surface area contributed by atoms with E-state index in [1.54, 1.807) is 0 Å². The van der Waals surface area contributed by atoms with Crippen molar-refractivity contribution in [1.82, 2.24) is 15.2 Å². The minimum atomic E-state index is -0.0892. The molecule has 7 heteroatoms. The van der Waals surface area contributed by atoms with Gasteiger partial charge in [-0.1, -0.05) is 51.5 Å². The third-order valence-electron chi connectivity index (χ3n) is 3.53. The van der Waals surface area contributed by atoms with Gasteiger partial charge in [0.15, 0.2) is 5.82 Å². The Bertz CT molecular complexity index is 910. The molecule has 2 N–H and O–H groups in total. The molecule has 1 aromatic heterocycles. The van der Waals surface area contributed by atoms with E-state index in [0.29, 0.717) is 11.0 Å². The van der Waals surface area contributed by atoms with Gasteiger partial charge >= 0.3 is 0 Å². The second kappa shape index (κ2) is 7.84. The Balaban J connectivity index is 1.58. The third kappa shape index (κ3) is 4.70. The lowest BCUT2D eigenvalue weighted by Gasteiger charge is -2.06. The van der Waals surface area contributed by atoms with Crippen LogP contribution in [-0.4, -0.2) is 26.8 Å². The minimum Gasteiger partial charge on any atom is -0.325 e. The number of thioether (sulfide) groups is 1. The molecule has 1 amide bonds. The number of rotatable bonds is 5. The summed E-state index contributed by atoms with van der Waals surface area (Å²) in [5.74, 6) is 0.865. The van der Waals surface area contributed by atoms with E-state index >= 15 is 0 Å². The van der Waals surface area contributed by atoms with Gasteiger partial charge in [0.05, 0.1) is 5.75 Å². The number of carbonyl (C=O) groups is 1. The fraction of sp³-hybridized carbons (Fsp3) is 0.167. The number of benzene rings is 2. The van der Waals surface area contributed by atoms with Crippen LogP contribution in [0.4, 0.5) is 5.69 Å². The highest BCUT2D eigenvalue weighted by molar-refractivity contribution is 9.10. The van der Waals surface area contributed by atoms with E-state index in [4.69, 9.17) is 0 Å². The van der Waals surface area contributed by atoms with Crippen LogP contribution >= 0.6 is 27.7 Å². The second-order valence-corrected chi connectivity index (χ2v) is 7.43. The van der Waals surface area contributed by atoms with Crippen molar-refractivity contribution in [2.75, 3.05) is 11.1 Å². The van der Waals surface area contributed by atoms with E-state index in [1.165, 1.54) is 11.8 Å². The quantitative estimate of drug-likeness (QED) is 0.596. The van der Waals surface area contributed by atoms with Gasteiger partial charge < -0.3 is 5.32 Å². The second-order valence-electron chi connectivity index (χ2n) is 5.64. The molecule has 0 aliphatic rings. The predicted molar refractivity (Wildman–Crippen MR) is 105 cm³/mol. The van der Waals surface area contributed by atoms with Gasteiger partial charge in [-0.15, -0.1) is 5.10 Å². The molecule has 3 rings (SSSR count). The maximum absolute atomic E-state index is 12.1. The normalized spacial score (nSPS) is 10.7. The first kappa shape index (κ1) is 17.7. The number of aryl methyl sites for hydroxylation is 2. The first-order valence-electron chi connectivity index (χ1n) is 7.69. The van der Waals surface area contributed by atoms with Crippen LogP contribution in [0.1, 0.15) is 11.1 Å². The van der Waals surface area contributed by atoms with Crippen molar-refractivity contribution in [3.63, 3.8) is 0 Å². The zero-order valence-electron chi connectivity index (χ0n) is 13.8. The molecule has 0 fully saturated rings. The van der Waals surface area contributed by atoms with E-state index in [1.807, 2.05) is 56.3 Å². The number of anilines is 1. The summed E-state index contributed by atoms with van der Waals surface area (Å²) >= 11 is 4.75. The van der Waals surface area contributed by atoms with Crippen LogP contribution in [0.25, 0.3) is 11.4 Å². The molecule has 0 saturated heterocycles. The van der Waals surface area contributed by atoms with Crippen LogP contribution in [0.2, 0.25) is 0 Å².